The van der Waals surface area contributed by atoms with E-state index in [0.717, 1.165) is 32.2 Å². The molecule has 0 radical (unpaired) electrons. The second-order valence-corrected chi connectivity index (χ2v) is 7.15. The molecule has 0 amide bonds. The molecule has 1 aliphatic heterocycles. The Balaban J connectivity index is 0.00000289. The molecule has 0 saturated heterocycles. The molecule has 0 spiro atoms. The predicted octanol–water partition coefficient (Wildman–Crippen LogP) is 1.74. The monoisotopic (exact) mass is 296 g/mol. The summed E-state index contributed by atoms with van der Waals surface area (Å²) in [6.07, 6.45) is 5.29. The van der Waals surface area contributed by atoms with Crippen LogP contribution in [0.5, 0.6) is 0 Å². The third-order valence-electron chi connectivity index (χ3n) is 3.12. The molecule has 0 saturated carbocycles. The molecule has 0 aliphatic carbocycles. The van der Waals surface area contributed by atoms with Crippen LogP contribution in [0.2, 0.25) is 6.04 Å². The summed E-state index contributed by atoms with van der Waals surface area (Å²) in [5.74, 6) is 0. The van der Waals surface area contributed by atoms with E-state index in [4.69, 9.17) is 13.3 Å². The summed E-state index contributed by atoms with van der Waals surface area (Å²) in [6, 6.07) is 0.854. The molecule has 0 aromatic heterocycles. The molecule has 7 heteroatoms. The minimum Gasteiger partial charge on any atom is -0.377 e. The minimum absolute atomic E-state index is 0. The van der Waals surface area contributed by atoms with E-state index in [1.54, 1.807) is 21.3 Å². The SMILES string of the molecule is CCN1C=CN(CCC[Si](OC)(OC)OC)C1.Cl. The van der Waals surface area contributed by atoms with Gasteiger partial charge in [0.15, 0.2) is 0 Å². The normalized spacial score (nSPS) is 15.1. The van der Waals surface area contributed by atoms with Crippen LogP contribution in [0.1, 0.15) is 13.3 Å². The van der Waals surface area contributed by atoms with Crippen molar-refractivity contribution in [1.82, 2.24) is 9.80 Å². The van der Waals surface area contributed by atoms with Gasteiger partial charge in [0.25, 0.3) is 0 Å². The van der Waals surface area contributed by atoms with Crippen LogP contribution in [-0.2, 0) is 13.3 Å². The van der Waals surface area contributed by atoms with Crippen molar-refractivity contribution in [3.63, 3.8) is 0 Å². The van der Waals surface area contributed by atoms with E-state index in [1.165, 1.54) is 0 Å². The highest BCUT2D eigenvalue weighted by Gasteiger charge is 2.37. The molecule has 0 fully saturated rings. The topological polar surface area (TPSA) is 34.2 Å². The highest BCUT2D eigenvalue weighted by atomic mass is 35.5. The lowest BCUT2D eigenvalue weighted by molar-refractivity contribution is 0.121. The minimum atomic E-state index is -2.38. The van der Waals surface area contributed by atoms with Gasteiger partial charge >= 0.3 is 8.80 Å². The summed E-state index contributed by atoms with van der Waals surface area (Å²) in [6.45, 7) is 5.21. The molecule has 0 unspecified atom stereocenters. The molecule has 0 aromatic rings. The Labute approximate surface area is 117 Å². The van der Waals surface area contributed by atoms with Gasteiger partial charge in [-0.05, 0) is 13.3 Å². The van der Waals surface area contributed by atoms with Crippen molar-refractivity contribution in [2.75, 3.05) is 41.1 Å². The maximum absolute atomic E-state index is 5.39. The van der Waals surface area contributed by atoms with Gasteiger partial charge in [0, 0.05) is 52.9 Å². The first kappa shape index (κ1) is 17.7. The molecule has 5 nitrogen and oxygen atoms in total. The molecule has 1 rings (SSSR count). The Bertz CT molecular complexity index is 244. The zero-order chi connectivity index (χ0) is 12.7. The van der Waals surface area contributed by atoms with Crippen molar-refractivity contribution in [2.45, 2.75) is 19.4 Å². The van der Waals surface area contributed by atoms with E-state index < -0.39 is 8.80 Å². The van der Waals surface area contributed by atoms with Gasteiger partial charge in [-0.1, -0.05) is 0 Å². The van der Waals surface area contributed by atoms with Gasteiger partial charge in [0.05, 0.1) is 6.67 Å². The Morgan fingerprint density at radius 3 is 2.06 bits per heavy atom. The fourth-order valence-corrected chi connectivity index (χ4v) is 3.63. The largest absolute Gasteiger partial charge is 0.500 e. The third kappa shape index (κ3) is 4.77. The van der Waals surface area contributed by atoms with E-state index in [9.17, 15) is 0 Å². The quantitative estimate of drug-likeness (QED) is 0.638. The highest BCUT2D eigenvalue weighted by Crippen LogP contribution is 2.16. The van der Waals surface area contributed by atoms with Crippen molar-refractivity contribution in [3.05, 3.63) is 12.4 Å². The lowest BCUT2D eigenvalue weighted by atomic mass is 10.4. The first-order chi connectivity index (χ1) is 8.19. The number of hydrogen-bond donors (Lipinski definition) is 0. The van der Waals surface area contributed by atoms with Crippen LogP contribution in [0.3, 0.4) is 0 Å². The van der Waals surface area contributed by atoms with E-state index in [-0.39, 0.29) is 12.4 Å². The van der Waals surface area contributed by atoms with E-state index in [2.05, 4.69) is 29.1 Å². The number of hydrogen-bond acceptors (Lipinski definition) is 5. The fraction of sp³-hybridized carbons (Fsp3) is 0.818. The maximum Gasteiger partial charge on any atom is 0.500 e. The molecule has 0 bridgehead atoms. The number of halogens is 1. The van der Waals surface area contributed by atoms with Gasteiger partial charge in [-0.3, -0.25) is 0 Å². The summed E-state index contributed by atoms with van der Waals surface area (Å²) in [5, 5.41) is 0. The standard InChI is InChI=1S/C11H24N2O3Si.ClH/c1-5-12-8-9-13(11-12)7-6-10-17(14-2,15-3)16-4;/h8-9H,5-7,10-11H2,1-4H3;1H. The van der Waals surface area contributed by atoms with Gasteiger partial charge < -0.3 is 23.1 Å². The van der Waals surface area contributed by atoms with Gasteiger partial charge in [-0.25, -0.2) is 0 Å². The molecule has 0 aromatic carbocycles. The Kier molecular flexibility index (Phi) is 8.63. The average Bonchev–Trinajstić information content (AvgIpc) is 2.83. The van der Waals surface area contributed by atoms with Crippen molar-refractivity contribution >= 4 is 21.2 Å². The summed E-state index contributed by atoms with van der Waals surface area (Å²) < 4.78 is 16.2. The van der Waals surface area contributed by atoms with Crippen molar-refractivity contribution in [2.24, 2.45) is 0 Å². The molecule has 18 heavy (non-hydrogen) atoms. The fourth-order valence-electron chi connectivity index (χ4n) is 1.92. The lowest BCUT2D eigenvalue weighted by Crippen LogP contribution is -2.43. The Hall–Kier alpha value is -0.273. The maximum atomic E-state index is 5.39. The molecule has 108 valence electrons. The molecule has 0 N–H and O–H groups in total. The van der Waals surface area contributed by atoms with E-state index in [0.29, 0.717) is 0 Å². The van der Waals surface area contributed by atoms with Gasteiger partial charge in [0.2, 0.25) is 0 Å². The first-order valence-corrected chi connectivity index (χ1v) is 7.94. The number of rotatable bonds is 8. The first-order valence-electron chi connectivity index (χ1n) is 6.01. The van der Waals surface area contributed by atoms with Crippen LogP contribution in [0, 0.1) is 0 Å². The smallest absolute Gasteiger partial charge is 0.377 e. The highest BCUT2D eigenvalue weighted by molar-refractivity contribution is 6.60. The van der Waals surface area contributed by atoms with Gasteiger partial charge in [0.1, 0.15) is 0 Å². The second kappa shape index (κ2) is 8.76. The van der Waals surface area contributed by atoms with Crippen molar-refractivity contribution in [1.29, 1.82) is 0 Å². The van der Waals surface area contributed by atoms with Crippen LogP contribution in [-0.4, -0.2) is 59.7 Å². The molecule has 1 heterocycles. The van der Waals surface area contributed by atoms with Crippen LogP contribution >= 0.6 is 12.4 Å². The summed E-state index contributed by atoms with van der Waals surface area (Å²) in [5.41, 5.74) is 0. The predicted molar refractivity (Wildman–Crippen MR) is 76.5 cm³/mol. The van der Waals surface area contributed by atoms with Gasteiger partial charge in [-0.15, -0.1) is 12.4 Å². The van der Waals surface area contributed by atoms with Crippen molar-refractivity contribution < 1.29 is 13.3 Å². The Morgan fingerprint density at radius 1 is 1.06 bits per heavy atom. The second-order valence-electron chi connectivity index (χ2n) is 4.06. The molecular formula is C11H25ClN2O3Si. The zero-order valence-corrected chi connectivity index (χ0v) is 13.5. The molecular weight excluding hydrogens is 272 g/mol. The van der Waals surface area contributed by atoms with Crippen LogP contribution in [0.25, 0.3) is 0 Å². The molecule has 1 aliphatic rings. The van der Waals surface area contributed by atoms with E-state index in [1.807, 2.05) is 0 Å². The third-order valence-corrected chi connectivity index (χ3v) is 5.95. The van der Waals surface area contributed by atoms with Crippen LogP contribution < -0.4 is 0 Å². The van der Waals surface area contributed by atoms with Gasteiger partial charge in [-0.2, -0.15) is 0 Å². The summed E-state index contributed by atoms with van der Waals surface area (Å²) in [4.78, 5) is 4.57. The van der Waals surface area contributed by atoms with Crippen LogP contribution in [0.15, 0.2) is 12.4 Å². The van der Waals surface area contributed by atoms with E-state index >= 15 is 0 Å². The number of nitrogens with zero attached hydrogens (tertiary/aromatic N) is 2. The lowest BCUT2D eigenvalue weighted by Gasteiger charge is -2.25. The zero-order valence-electron chi connectivity index (χ0n) is 11.7. The summed E-state index contributed by atoms with van der Waals surface area (Å²) >= 11 is 0. The molecule has 0 atom stereocenters. The van der Waals surface area contributed by atoms with Crippen LogP contribution in [0.4, 0.5) is 0 Å². The van der Waals surface area contributed by atoms with Crippen molar-refractivity contribution in [3.8, 4) is 0 Å². The average molecular weight is 297 g/mol. The summed E-state index contributed by atoms with van der Waals surface area (Å²) in [7, 11) is 2.60. The Morgan fingerprint density at radius 2 is 1.61 bits per heavy atom.